The third kappa shape index (κ3) is 3.26. The molecular weight excluding hydrogens is 390 g/mol. The fraction of sp³-hybridized carbons (Fsp3) is 0.435. The van der Waals surface area contributed by atoms with Gasteiger partial charge in [-0.05, 0) is 31.4 Å². The molecule has 0 saturated heterocycles. The molecule has 1 atom stereocenters. The maximum atomic E-state index is 12.4. The molecule has 160 valence electrons. The Hall–Kier alpha value is -3.29. The van der Waals surface area contributed by atoms with E-state index in [1.165, 1.54) is 12.8 Å². The Kier molecular flexibility index (Phi) is 4.92. The zero-order valence-electron chi connectivity index (χ0n) is 18.2. The summed E-state index contributed by atoms with van der Waals surface area (Å²) < 4.78 is 2.02. The van der Waals surface area contributed by atoms with Crippen LogP contribution in [0.25, 0.3) is 17.1 Å². The average Bonchev–Trinajstić information content (AvgIpc) is 3.49. The van der Waals surface area contributed by atoms with Crippen LogP contribution in [0.1, 0.15) is 61.3 Å². The van der Waals surface area contributed by atoms with Crippen LogP contribution in [0.2, 0.25) is 0 Å². The summed E-state index contributed by atoms with van der Waals surface area (Å²) in [5.74, 6) is 2.48. The monoisotopic (exact) mass is 417 g/mol. The summed E-state index contributed by atoms with van der Waals surface area (Å²) in [7, 11) is 3.51. The molecule has 2 aromatic heterocycles. The molecule has 1 aliphatic carbocycles. The van der Waals surface area contributed by atoms with E-state index >= 15 is 0 Å². The van der Waals surface area contributed by atoms with Crippen LogP contribution in [0, 0.1) is 0 Å². The molecule has 31 heavy (non-hydrogen) atoms. The molecule has 1 saturated carbocycles. The minimum atomic E-state index is -0.0347. The second kappa shape index (κ2) is 7.76. The van der Waals surface area contributed by atoms with Crippen molar-refractivity contribution >= 4 is 11.7 Å². The summed E-state index contributed by atoms with van der Waals surface area (Å²) in [5.41, 5.74) is 2.38. The number of hydrogen-bond acceptors (Lipinski definition) is 6. The van der Waals surface area contributed by atoms with Crippen LogP contribution >= 0.6 is 0 Å². The van der Waals surface area contributed by atoms with Crippen LogP contribution in [0.3, 0.4) is 0 Å². The standard InChI is InChI=1S/C23H27N7O/c1-4-18-22-27-25-14-29(22)19-13-24-20(26-21(19)30(18)17-10-5-6-11-17)15-8-7-9-16(12-15)23(31)28(2)3/h7-9,12-14,17-18H,4-6,10-11H2,1-3H3/t18-/m1/s1. The van der Waals surface area contributed by atoms with E-state index in [0.717, 1.165) is 42.2 Å². The first-order valence-electron chi connectivity index (χ1n) is 11.0. The van der Waals surface area contributed by atoms with Gasteiger partial charge in [-0.2, -0.15) is 0 Å². The first-order chi connectivity index (χ1) is 15.1. The van der Waals surface area contributed by atoms with E-state index in [-0.39, 0.29) is 11.9 Å². The molecule has 8 nitrogen and oxygen atoms in total. The summed E-state index contributed by atoms with van der Waals surface area (Å²) in [5, 5.41) is 8.61. The third-order valence-corrected chi connectivity index (χ3v) is 6.34. The molecule has 1 aliphatic heterocycles. The summed E-state index contributed by atoms with van der Waals surface area (Å²) in [4.78, 5) is 26.2. The van der Waals surface area contributed by atoms with Crippen molar-refractivity contribution in [2.24, 2.45) is 0 Å². The van der Waals surface area contributed by atoms with Gasteiger partial charge in [-0.3, -0.25) is 9.36 Å². The first kappa shape index (κ1) is 19.7. The largest absolute Gasteiger partial charge is 0.345 e. The topological polar surface area (TPSA) is 80.0 Å². The van der Waals surface area contributed by atoms with E-state index in [2.05, 4.69) is 27.0 Å². The third-order valence-electron chi connectivity index (χ3n) is 6.34. The van der Waals surface area contributed by atoms with Gasteiger partial charge in [0.1, 0.15) is 12.0 Å². The highest BCUT2D eigenvalue weighted by Gasteiger charge is 2.38. The predicted octanol–water partition coefficient (Wildman–Crippen LogP) is 3.64. The fourth-order valence-corrected chi connectivity index (χ4v) is 4.83. The molecular formula is C23H27N7O. The van der Waals surface area contributed by atoms with Crippen molar-refractivity contribution in [2.45, 2.75) is 51.1 Å². The van der Waals surface area contributed by atoms with E-state index in [1.54, 1.807) is 25.3 Å². The molecule has 8 heteroatoms. The van der Waals surface area contributed by atoms with Crippen molar-refractivity contribution in [1.82, 2.24) is 29.6 Å². The van der Waals surface area contributed by atoms with E-state index in [9.17, 15) is 4.79 Å². The van der Waals surface area contributed by atoms with Crippen molar-refractivity contribution in [3.8, 4) is 17.1 Å². The molecule has 1 fully saturated rings. The normalized spacial score (nSPS) is 18.0. The number of rotatable bonds is 4. The van der Waals surface area contributed by atoms with Gasteiger partial charge >= 0.3 is 0 Å². The Labute approximate surface area is 181 Å². The van der Waals surface area contributed by atoms with Crippen molar-refractivity contribution in [1.29, 1.82) is 0 Å². The maximum Gasteiger partial charge on any atom is 0.253 e. The van der Waals surface area contributed by atoms with Crippen molar-refractivity contribution in [2.75, 3.05) is 19.0 Å². The number of carbonyl (C=O) groups is 1. The lowest BCUT2D eigenvalue weighted by Gasteiger charge is -2.40. The van der Waals surface area contributed by atoms with E-state index in [4.69, 9.17) is 4.98 Å². The van der Waals surface area contributed by atoms with E-state index in [0.29, 0.717) is 17.4 Å². The zero-order chi connectivity index (χ0) is 21.5. The smallest absolute Gasteiger partial charge is 0.253 e. The second-order valence-electron chi connectivity index (χ2n) is 8.51. The van der Waals surface area contributed by atoms with Crippen molar-refractivity contribution in [3.63, 3.8) is 0 Å². The van der Waals surface area contributed by atoms with Gasteiger partial charge in [-0.1, -0.05) is 31.9 Å². The highest BCUT2D eigenvalue weighted by Crippen LogP contribution is 2.42. The van der Waals surface area contributed by atoms with E-state index in [1.807, 2.05) is 35.0 Å². The molecule has 3 aromatic rings. The first-order valence-corrected chi connectivity index (χ1v) is 11.0. The molecule has 1 aromatic carbocycles. The average molecular weight is 418 g/mol. The number of fused-ring (bicyclic) bond motifs is 3. The highest BCUT2D eigenvalue weighted by atomic mass is 16.2. The number of anilines is 1. The maximum absolute atomic E-state index is 12.4. The lowest BCUT2D eigenvalue weighted by atomic mass is 10.0. The number of nitrogens with zero attached hydrogens (tertiary/aromatic N) is 7. The summed E-state index contributed by atoms with van der Waals surface area (Å²) in [6.07, 6.45) is 9.35. The van der Waals surface area contributed by atoms with Crippen LogP contribution < -0.4 is 4.90 Å². The predicted molar refractivity (Wildman–Crippen MR) is 118 cm³/mol. The molecule has 3 heterocycles. The zero-order valence-corrected chi connectivity index (χ0v) is 18.2. The lowest BCUT2D eigenvalue weighted by molar-refractivity contribution is 0.0827. The number of aromatic nitrogens is 5. The summed E-state index contributed by atoms with van der Waals surface area (Å²) in [6.45, 7) is 2.19. The molecule has 1 amide bonds. The highest BCUT2D eigenvalue weighted by molar-refractivity contribution is 5.95. The quantitative estimate of drug-likeness (QED) is 0.645. The van der Waals surface area contributed by atoms with Crippen LogP contribution in [-0.2, 0) is 0 Å². The van der Waals surface area contributed by atoms with Crippen LogP contribution in [0.5, 0.6) is 0 Å². The van der Waals surface area contributed by atoms with Gasteiger partial charge in [0.05, 0.1) is 12.2 Å². The summed E-state index contributed by atoms with van der Waals surface area (Å²) in [6, 6.07) is 8.12. The SMILES string of the molecule is CC[C@@H]1c2nncn2-c2cnc(-c3cccc(C(=O)N(C)C)c3)nc2N1C1CCCC1. The number of carbonyl (C=O) groups excluding carboxylic acids is 1. The van der Waals surface area contributed by atoms with Crippen molar-refractivity contribution in [3.05, 3.63) is 48.2 Å². The molecule has 0 unspecified atom stereocenters. The lowest BCUT2D eigenvalue weighted by Crippen LogP contribution is -2.42. The van der Waals surface area contributed by atoms with Gasteiger partial charge in [-0.15, -0.1) is 10.2 Å². The second-order valence-corrected chi connectivity index (χ2v) is 8.51. The van der Waals surface area contributed by atoms with Crippen LogP contribution in [-0.4, -0.2) is 55.7 Å². The molecule has 0 spiro atoms. The van der Waals surface area contributed by atoms with Gasteiger partial charge in [0.2, 0.25) is 0 Å². The Morgan fingerprint density at radius 1 is 1.23 bits per heavy atom. The number of benzene rings is 1. The van der Waals surface area contributed by atoms with Gasteiger partial charge in [0.15, 0.2) is 17.5 Å². The number of amides is 1. The minimum absolute atomic E-state index is 0.0347. The molecule has 2 aliphatic rings. The number of hydrogen-bond donors (Lipinski definition) is 0. The van der Waals surface area contributed by atoms with Gasteiger partial charge in [0.25, 0.3) is 5.91 Å². The van der Waals surface area contributed by atoms with Crippen LogP contribution in [0.4, 0.5) is 5.82 Å². The van der Waals surface area contributed by atoms with Crippen LogP contribution in [0.15, 0.2) is 36.8 Å². The Bertz CT molecular complexity index is 1120. The fourth-order valence-electron chi connectivity index (χ4n) is 4.83. The summed E-state index contributed by atoms with van der Waals surface area (Å²) >= 11 is 0. The molecule has 5 rings (SSSR count). The van der Waals surface area contributed by atoms with Crippen molar-refractivity contribution < 1.29 is 4.79 Å². The Morgan fingerprint density at radius 3 is 2.77 bits per heavy atom. The molecule has 0 bridgehead atoms. The van der Waals surface area contributed by atoms with Gasteiger partial charge in [-0.25, -0.2) is 9.97 Å². The molecule has 0 radical (unpaired) electrons. The van der Waals surface area contributed by atoms with Gasteiger partial charge < -0.3 is 9.80 Å². The Morgan fingerprint density at radius 2 is 2.03 bits per heavy atom. The van der Waals surface area contributed by atoms with E-state index < -0.39 is 0 Å². The molecule has 0 N–H and O–H groups in total. The Balaban J connectivity index is 1.63. The minimum Gasteiger partial charge on any atom is -0.345 e. The van der Waals surface area contributed by atoms with Gasteiger partial charge in [0, 0.05) is 31.3 Å².